The van der Waals surface area contributed by atoms with Gasteiger partial charge in [-0.25, -0.2) is 0 Å². The van der Waals surface area contributed by atoms with E-state index in [0.717, 1.165) is 45.7 Å². The molecule has 4 heteroatoms. The second kappa shape index (κ2) is 8.05. The van der Waals surface area contributed by atoms with Crippen LogP contribution in [0, 0.1) is 0 Å². The summed E-state index contributed by atoms with van der Waals surface area (Å²) in [6.45, 7) is 5.69. The molecule has 0 aromatic carbocycles. The summed E-state index contributed by atoms with van der Waals surface area (Å²) in [6.07, 6.45) is 3.44. The van der Waals surface area contributed by atoms with Gasteiger partial charge in [0.25, 0.3) is 0 Å². The van der Waals surface area contributed by atoms with E-state index in [4.69, 9.17) is 19.9 Å². The van der Waals surface area contributed by atoms with Gasteiger partial charge in [-0.1, -0.05) is 0 Å². The lowest BCUT2D eigenvalue weighted by Gasteiger charge is -2.23. The van der Waals surface area contributed by atoms with Gasteiger partial charge in [-0.15, -0.1) is 0 Å². The van der Waals surface area contributed by atoms with Gasteiger partial charge in [0, 0.05) is 33.0 Å². The Balaban J connectivity index is 2.03. The highest BCUT2D eigenvalue weighted by Gasteiger charge is 2.14. The van der Waals surface area contributed by atoms with Crippen LogP contribution in [0.3, 0.4) is 0 Å². The minimum atomic E-state index is 0.148. The highest BCUT2D eigenvalue weighted by atomic mass is 16.5. The van der Waals surface area contributed by atoms with Crippen molar-refractivity contribution in [3.63, 3.8) is 0 Å². The zero-order valence-corrected chi connectivity index (χ0v) is 9.61. The van der Waals surface area contributed by atoms with Crippen LogP contribution in [0.2, 0.25) is 0 Å². The Morgan fingerprint density at radius 3 is 2.73 bits per heavy atom. The van der Waals surface area contributed by atoms with Gasteiger partial charge in [-0.05, 0) is 26.2 Å². The average molecular weight is 217 g/mol. The van der Waals surface area contributed by atoms with E-state index in [0.29, 0.717) is 12.6 Å². The maximum absolute atomic E-state index is 5.75. The molecule has 0 aromatic rings. The van der Waals surface area contributed by atoms with Crippen LogP contribution in [-0.2, 0) is 14.2 Å². The third-order valence-corrected chi connectivity index (χ3v) is 2.63. The molecule has 4 nitrogen and oxygen atoms in total. The highest BCUT2D eigenvalue weighted by molar-refractivity contribution is 4.64. The Labute approximate surface area is 92.1 Å². The lowest BCUT2D eigenvalue weighted by Crippen LogP contribution is -2.28. The van der Waals surface area contributed by atoms with Crippen molar-refractivity contribution in [2.24, 2.45) is 5.73 Å². The smallest absolute Gasteiger partial charge is 0.0719 e. The molecule has 1 aliphatic rings. The molecule has 15 heavy (non-hydrogen) atoms. The summed E-state index contributed by atoms with van der Waals surface area (Å²) < 4.78 is 16.5. The van der Waals surface area contributed by atoms with Gasteiger partial charge in [0.2, 0.25) is 0 Å². The van der Waals surface area contributed by atoms with Crippen molar-refractivity contribution in [3.8, 4) is 0 Å². The summed E-state index contributed by atoms with van der Waals surface area (Å²) >= 11 is 0. The van der Waals surface area contributed by atoms with E-state index in [1.807, 2.05) is 6.92 Å². The van der Waals surface area contributed by atoms with Gasteiger partial charge >= 0.3 is 0 Å². The van der Waals surface area contributed by atoms with Crippen molar-refractivity contribution in [3.05, 3.63) is 0 Å². The van der Waals surface area contributed by atoms with E-state index in [2.05, 4.69) is 0 Å². The zero-order valence-electron chi connectivity index (χ0n) is 9.61. The molecule has 1 unspecified atom stereocenters. The Kier molecular flexibility index (Phi) is 6.92. The van der Waals surface area contributed by atoms with Crippen LogP contribution in [0.4, 0.5) is 0 Å². The minimum Gasteiger partial charge on any atom is -0.381 e. The molecular weight excluding hydrogens is 194 g/mol. The molecule has 0 spiro atoms. The number of ether oxygens (including phenoxy) is 3. The quantitative estimate of drug-likeness (QED) is 0.689. The van der Waals surface area contributed by atoms with Crippen molar-refractivity contribution in [1.29, 1.82) is 0 Å². The van der Waals surface area contributed by atoms with E-state index in [1.54, 1.807) is 0 Å². The Morgan fingerprint density at radius 1 is 1.40 bits per heavy atom. The van der Waals surface area contributed by atoms with Gasteiger partial charge in [-0.3, -0.25) is 0 Å². The monoisotopic (exact) mass is 217 g/mol. The van der Waals surface area contributed by atoms with E-state index < -0.39 is 0 Å². The van der Waals surface area contributed by atoms with Crippen LogP contribution < -0.4 is 5.73 Å². The van der Waals surface area contributed by atoms with Crippen LogP contribution in [0.5, 0.6) is 0 Å². The minimum absolute atomic E-state index is 0.148. The molecule has 1 atom stereocenters. The van der Waals surface area contributed by atoms with Crippen LogP contribution >= 0.6 is 0 Å². The fraction of sp³-hybridized carbons (Fsp3) is 1.00. The summed E-state index contributed by atoms with van der Waals surface area (Å²) in [6, 6.07) is 0. The van der Waals surface area contributed by atoms with Gasteiger partial charge in [0.1, 0.15) is 0 Å². The number of nitrogens with two attached hydrogens (primary N) is 1. The highest BCUT2D eigenvalue weighted by Crippen LogP contribution is 2.11. The molecule has 0 aliphatic carbocycles. The molecular formula is C11H23NO3. The average Bonchev–Trinajstić information content (AvgIpc) is 2.29. The number of hydrogen-bond acceptors (Lipinski definition) is 4. The van der Waals surface area contributed by atoms with E-state index >= 15 is 0 Å². The lowest BCUT2D eigenvalue weighted by molar-refractivity contribution is -0.0447. The third kappa shape index (κ3) is 5.47. The Hall–Kier alpha value is -0.160. The maximum atomic E-state index is 5.75. The predicted octanol–water partition coefficient (Wildman–Crippen LogP) is 0.936. The van der Waals surface area contributed by atoms with Gasteiger partial charge in [-0.2, -0.15) is 0 Å². The van der Waals surface area contributed by atoms with E-state index in [1.165, 1.54) is 0 Å². The molecule has 1 heterocycles. The first-order valence-electron chi connectivity index (χ1n) is 5.87. The topological polar surface area (TPSA) is 53.7 Å². The van der Waals surface area contributed by atoms with Crippen LogP contribution in [0.25, 0.3) is 0 Å². The SMILES string of the molecule is CCOC(CN)CCOC1CCOCC1. The van der Waals surface area contributed by atoms with Crippen LogP contribution in [-0.4, -0.2) is 45.2 Å². The van der Waals surface area contributed by atoms with Crippen molar-refractivity contribution >= 4 is 0 Å². The molecule has 1 aliphatic heterocycles. The fourth-order valence-electron chi connectivity index (χ4n) is 1.71. The molecule has 2 N–H and O–H groups in total. The lowest BCUT2D eigenvalue weighted by atomic mass is 10.1. The van der Waals surface area contributed by atoms with Crippen molar-refractivity contribution in [1.82, 2.24) is 0 Å². The van der Waals surface area contributed by atoms with Crippen LogP contribution in [0.15, 0.2) is 0 Å². The summed E-state index contributed by atoms with van der Waals surface area (Å²) in [4.78, 5) is 0. The van der Waals surface area contributed by atoms with Crippen molar-refractivity contribution < 1.29 is 14.2 Å². The summed E-state index contributed by atoms with van der Waals surface area (Å²) in [5.41, 5.74) is 5.58. The Bertz CT molecular complexity index is 144. The molecule has 90 valence electrons. The molecule has 1 saturated heterocycles. The number of hydrogen-bond donors (Lipinski definition) is 1. The number of rotatable bonds is 7. The first-order chi connectivity index (χ1) is 7.36. The van der Waals surface area contributed by atoms with E-state index in [-0.39, 0.29) is 6.10 Å². The van der Waals surface area contributed by atoms with Crippen molar-refractivity contribution in [2.45, 2.75) is 38.4 Å². The summed E-state index contributed by atoms with van der Waals surface area (Å²) in [7, 11) is 0. The standard InChI is InChI=1S/C11H23NO3/c1-2-14-11(9-12)5-8-15-10-3-6-13-7-4-10/h10-11H,2-9,12H2,1H3. The first kappa shape index (κ1) is 12.9. The normalized spacial score (nSPS) is 20.4. The Morgan fingerprint density at radius 2 is 2.13 bits per heavy atom. The van der Waals surface area contributed by atoms with Gasteiger partial charge in [0.05, 0.1) is 12.2 Å². The second-order valence-corrected chi connectivity index (χ2v) is 3.78. The van der Waals surface area contributed by atoms with E-state index in [9.17, 15) is 0 Å². The van der Waals surface area contributed by atoms with Gasteiger partial charge < -0.3 is 19.9 Å². The molecule has 0 radical (unpaired) electrons. The maximum Gasteiger partial charge on any atom is 0.0719 e. The third-order valence-electron chi connectivity index (χ3n) is 2.63. The molecule has 0 bridgehead atoms. The molecule has 0 saturated carbocycles. The van der Waals surface area contributed by atoms with Crippen molar-refractivity contribution in [2.75, 3.05) is 33.0 Å². The summed E-state index contributed by atoms with van der Waals surface area (Å²) in [5, 5.41) is 0. The molecule has 0 amide bonds. The summed E-state index contributed by atoms with van der Waals surface area (Å²) in [5.74, 6) is 0. The fourth-order valence-corrected chi connectivity index (χ4v) is 1.71. The van der Waals surface area contributed by atoms with Crippen LogP contribution in [0.1, 0.15) is 26.2 Å². The predicted molar refractivity (Wildman–Crippen MR) is 58.9 cm³/mol. The zero-order chi connectivity index (χ0) is 10.9. The largest absolute Gasteiger partial charge is 0.381 e. The molecule has 1 fully saturated rings. The first-order valence-corrected chi connectivity index (χ1v) is 5.87. The second-order valence-electron chi connectivity index (χ2n) is 3.78. The van der Waals surface area contributed by atoms with Gasteiger partial charge in [0.15, 0.2) is 0 Å². The molecule has 1 rings (SSSR count). The molecule has 0 aromatic heterocycles.